The number of rotatable bonds is 7. The van der Waals surface area contributed by atoms with Crippen LogP contribution in [0.1, 0.15) is 58.2 Å². The number of nitrogens with two attached hydrogens (primary N) is 1. The Hall–Kier alpha value is -5.72. The molecule has 1 aliphatic heterocycles. The topological polar surface area (TPSA) is 202 Å². The van der Waals surface area contributed by atoms with Crippen LogP contribution in [0.15, 0.2) is 107 Å². The molecular weight excluding hydrogens is 789 g/mol. The van der Waals surface area contributed by atoms with Crippen LogP contribution in [-0.2, 0) is 38.4 Å². The van der Waals surface area contributed by atoms with Gasteiger partial charge in [0.2, 0.25) is 26.0 Å². The molecule has 5 N–H and O–H groups in total. The van der Waals surface area contributed by atoms with Gasteiger partial charge in [-0.1, -0.05) is 51.1 Å². The number of fused-ring (bicyclic) bond motifs is 3. The van der Waals surface area contributed by atoms with Crippen LogP contribution in [0.5, 0.6) is 6.01 Å². The van der Waals surface area contributed by atoms with Crippen molar-refractivity contribution in [1.82, 2.24) is 38.8 Å². The van der Waals surface area contributed by atoms with E-state index in [1.807, 2.05) is 65.8 Å². The van der Waals surface area contributed by atoms with Crippen molar-refractivity contribution in [2.75, 3.05) is 18.9 Å². The van der Waals surface area contributed by atoms with Crippen LogP contribution in [0.2, 0.25) is 0 Å². The molecule has 8 rings (SSSR count). The maximum Gasteiger partial charge on any atom is 0.331 e. The van der Waals surface area contributed by atoms with Gasteiger partial charge in [0.05, 0.1) is 44.6 Å². The molecule has 59 heavy (non-hydrogen) atoms. The molecule has 17 heteroatoms. The zero-order valence-electron chi connectivity index (χ0n) is 34.0. The first-order valence-corrected chi connectivity index (χ1v) is 22.0. The largest absolute Gasteiger partial charge is 0.478 e. The number of aromatic hydroxyl groups is 1. The fourth-order valence-electron chi connectivity index (χ4n) is 7.22. The highest BCUT2D eigenvalue weighted by Crippen LogP contribution is 2.38. The lowest BCUT2D eigenvalue weighted by Crippen LogP contribution is -2.40. The molecule has 0 aliphatic carbocycles. The van der Waals surface area contributed by atoms with Gasteiger partial charge in [0.1, 0.15) is 0 Å². The summed E-state index contributed by atoms with van der Waals surface area (Å²) in [6, 6.07) is 25.3. The van der Waals surface area contributed by atoms with Crippen molar-refractivity contribution in [3.63, 3.8) is 0 Å². The molecule has 0 unspecified atom stereocenters. The molecule has 1 aliphatic rings. The van der Waals surface area contributed by atoms with E-state index in [0.29, 0.717) is 28.3 Å². The van der Waals surface area contributed by atoms with Gasteiger partial charge in [-0.2, -0.15) is 0 Å². The predicted octanol–water partition coefficient (Wildman–Crippen LogP) is 6.25. The van der Waals surface area contributed by atoms with E-state index < -0.39 is 31.0 Å². The fourth-order valence-corrected chi connectivity index (χ4v) is 9.65. The smallest absolute Gasteiger partial charge is 0.331 e. The van der Waals surface area contributed by atoms with Gasteiger partial charge in [-0.05, 0) is 111 Å². The van der Waals surface area contributed by atoms with Crippen LogP contribution in [0, 0.1) is 0 Å². The number of nitrogens with one attached hydrogen (secondary N) is 2. The van der Waals surface area contributed by atoms with Crippen LogP contribution >= 0.6 is 0 Å². The zero-order valence-corrected chi connectivity index (χ0v) is 35.6. The highest BCUT2D eigenvalue weighted by Gasteiger charge is 2.28. The molecular formula is C42H48N10O5S2. The minimum atomic E-state index is -3.88. The lowest BCUT2D eigenvalue weighted by molar-refractivity contribution is 0.313. The summed E-state index contributed by atoms with van der Waals surface area (Å²) in [5.74, 6) is 0.473. The van der Waals surface area contributed by atoms with Crippen molar-refractivity contribution in [3.8, 4) is 28.5 Å². The van der Waals surface area contributed by atoms with Gasteiger partial charge < -0.3 is 15.3 Å². The zero-order chi connectivity index (χ0) is 42.5. The molecule has 0 radical (unpaired) electrons. The number of primary sulfonamides is 1. The number of aromatic nitrogens is 6. The van der Waals surface area contributed by atoms with Crippen molar-refractivity contribution in [3.05, 3.63) is 114 Å². The molecule has 0 saturated carbocycles. The number of likely N-dealkylation sites (N-methyl/N-ethyl adjacent to an activating group) is 1. The Balaban J connectivity index is 0.000000192. The van der Waals surface area contributed by atoms with Crippen molar-refractivity contribution >= 4 is 42.7 Å². The molecule has 4 aromatic heterocycles. The summed E-state index contributed by atoms with van der Waals surface area (Å²) >= 11 is 0. The van der Waals surface area contributed by atoms with Gasteiger partial charge in [0.25, 0.3) is 0 Å². The number of sulfonamides is 2. The molecule has 0 spiro atoms. The SMILES string of the molecule is CC(C)(C)c1c(-c2ccc3cnc(O)nn23)cccc1S(N)(=O)=O.CN1CCc2cc(Nc3ncc4ccc(-c5cccc(S(=O)(=O)NC(C)(C)C)c5)n4n3)ccc2C1. The van der Waals surface area contributed by atoms with Gasteiger partial charge in [-0.25, -0.2) is 45.7 Å². The average Bonchev–Trinajstić information content (AvgIpc) is 3.77. The maximum atomic E-state index is 12.9. The van der Waals surface area contributed by atoms with Crippen molar-refractivity contribution < 1.29 is 21.9 Å². The van der Waals surface area contributed by atoms with E-state index >= 15 is 0 Å². The van der Waals surface area contributed by atoms with E-state index in [1.165, 1.54) is 27.9 Å². The molecule has 7 aromatic rings. The summed E-state index contributed by atoms with van der Waals surface area (Å²) in [5, 5.41) is 27.0. The first kappa shape index (κ1) is 41.4. The Labute approximate surface area is 344 Å². The number of hydrogen-bond acceptors (Lipinski definition) is 11. The van der Waals surface area contributed by atoms with Crippen molar-refractivity contribution in [2.45, 2.75) is 75.3 Å². The summed E-state index contributed by atoms with van der Waals surface area (Å²) in [7, 11) is -5.40. The Kier molecular flexibility index (Phi) is 10.9. The Morgan fingerprint density at radius 2 is 1.44 bits per heavy atom. The third-order valence-corrected chi connectivity index (χ3v) is 12.4. The molecule has 3 aromatic carbocycles. The van der Waals surface area contributed by atoms with Gasteiger partial charge in [-0.3, -0.25) is 0 Å². The summed E-state index contributed by atoms with van der Waals surface area (Å²) in [6.07, 6.45) is 4.27. The molecule has 0 amide bonds. The van der Waals surface area contributed by atoms with Crippen molar-refractivity contribution in [2.24, 2.45) is 5.14 Å². The second kappa shape index (κ2) is 15.5. The van der Waals surface area contributed by atoms with Crippen LogP contribution < -0.4 is 15.2 Å². The molecule has 15 nitrogen and oxygen atoms in total. The first-order valence-electron chi connectivity index (χ1n) is 18.9. The molecule has 0 fully saturated rings. The summed E-state index contributed by atoms with van der Waals surface area (Å²) in [5.41, 5.74) is 7.58. The lowest BCUT2D eigenvalue weighted by Gasteiger charge is -2.25. The van der Waals surface area contributed by atoms with E-state index in [0.717, 1.165) is 42.0 Å². The maximum absolute atomic E-state index is 12.9. The van der Waals surface area contributed by atoms with Gasteiger partial charge in [0, 0.05) is 35.4 Å². The minimum absolute atomic E-state index is 0.0840. The number of benzene rings is 3. The Morgan fingerprint density at radius 1 is 0.763 bits per heavy atom. The summed E-state index contributed by atoms with van der Waals surface area (Å²) in [4.78, 5) is 10.8. The highest BCUT2D eigenvalue weighted by atomic mass is 32.2. The van der Waals surface area contributed by atoms with Crippen LogP contribution in [-0.4, -0.2) is 75.2 Å². The number of hydrogen-bond donors (Lipinski definition) is 4. The number of anilines is 2. The standard InChI is InChI=1S/C26H30N6O2S.C16H18N4O3S/c1-26(2,3)30-35(33,34)23-7-5-6-19(15-23)24-11-10-22-16-27-25(29-32(22)24)28-21-9-8-20-17-31(4)13-12-18(20)14-21;1-16(2,3)14-11(5-4-6-13(14)24(17,22)23)12-8-7-10-9-18-15(21)19-20(10)12/h5-11,14-16,30H,12-13,17H2,1-4H3,(H,28,29);4-9H,1-3H3,(H,19,21)(H2,17,22,23). The van der Waals surface area contributed by atoms with E-state index in [4.69, 9.17) is 10.2 Å². The fraction of sp³-hybridized carbons (Fsp3) is 0.286. The quantitative estimate of drug-likeness (QED) is 0.141. The lowest BCUT2D eigenvalue weighted by atomic mass is 9.83. The normalized spacial score (nSPS) is 13.9. The first-order chi connectivity index (χ1) is 27.7. The van der Waals surface area contributed by atoms with E-state index in [1.54, 1.807) is 47.1 Å². The molecule has 0 atom stereocenters. The minimum Gasteiger partial charge on any atom is -0.478 e. The summed E-state index contributed by atoms with van der Waals surface area (Å²) in [6.45, 7) is 13.2. The second-order valence-corrected chi connectivity index (χ2v) is 19.9. The molecule has 0 saturated heterocycles. The highest BCUT2D eigenvalue weighted by molar-refractivity contribution is 7.89. The van der Waals surface area contributed by atoms with E-state index in [2.05, 4.69) is 55.3 Å². The van der Waals surface area contributed by atoms with Gasteiger partial charge in [0.15, 0.2) is 0 Å². The Morgan fingerprint density at radius 3 is 2.14 bits per heavy atom. The Bertz CT molecular complexity index is 2930. The molecule has 308 valence electrons. The van der Waals surface area contributed by atoms with Gasteiger partial charge in [-0.15, -0.1) is 10.2 Å². The summed E-state index contributed by atoms with van der Waals surface area (Å²) < 4.78 is 55.8. The van der Waals surface area contributed by atoms with E-state index in [9.17, 15) is 21.9 Å². The second-order valence-electron chi connectivity index (χ2n) is 16.7. The van der Waals surface area contributed by atoms with Crippen LogP contribution in [0.25, 0.3) is 33.5 Å². The third kappa shape index (κ3) is 9.14. The monoisotopic (exact) mass is 836 g/mol. The van der Waals surface area contributed by atoms with Gasteiger partial charge >= 0.3 is 6.01 Å². The number of nitrogens with zero attached hydrogens (tertiary/aromatic N) is 7. The predicted molar refractivity (Wildman–Crippen MR) is 228 cm³/mol. The van der Waals surface area contributed by atoms with Crippen LogP contribution in [0.4, 0.5) is 11.6 Å². The molecule has 0 bridgehead atoms. The van der Waals surface area contributed by atoms with E-state index in [-0.39, 0.29) is 15.8 Å². The third-order valence-electron chi connectivity index (χ3n) is 9.69. The van der Waals surface area contributed by atoms with Crippen LogP contribution in [0.3, 0.4) is 0 Å². The average molecular weight is 837 g/mol. The van der Waals surface area contributed by atoms with Crippen molar-refractivity contribution in [1.29, 1.82) is 0 Å². The molecule has 5 heterocycles.